The Morgan fingerprint density at radius 2 is 2.47 bits per heavy atom. The van der Waals surface area contributed by atoms with Crippen molar-refractivity contribution < 1.29 is 9.90 Å². The van der Waals surface area contributed by atoms with E-state index < -0.39 is 5.97 Å². The molecule has 0 bridgehead atoms. The fourth-order valence-corrected chi connectivity index (χ4v) is 3.15. The van der Waals surface area contributed by atoms with Gasteiger partial charge in [-0.3, -0.25) is 4.98 Å². The molecule has 1 aromatic heterocycles. The molecular weight excluding hydrogens is 236 g/mol. The van der Waals surface area contributed by atoms with Crippen LogP contribution in [-0.2, 0) is 0 Å². The number of carboxylic acids is 1. The van der Waals surface area contributed by atoms with Crippen LogP contribution in [0.25, 0.3) is 0 Å². The average molecular weight is 252 g/mol. The number of aromatic carboxylic acids is 1. The van der Waals surface area contributed by atoms with E-state index in [9.17, 15) is 4.79 Å². The number of carboxylic acid groups (broad SMARTS) is 1. The predicted molar refractivity (Wildman–Crippen MR) is 69.8 cm³/mol. The smallest absolute Gasteiger partial charge is 0.337 e. The van der Waals surface area contributed by atoms with Crippen molar-refractivity contribution in [3.63, 3.8) is 0 Å². The van der Waals surface area contributed by atoms with Crippen molar-refractivity contribution in [1.29, 1.82) is 0 Å². The molecule has 0 amide bonds. The predicted octanol–water partition coefficient (Wildman–Crippen LogP) is 2.48. The third-order valence-corrected chi connectivity index (χ3v) is 4.24. The van der Waals surface area contributed by atoms with Crippen LogP contribution in [0.4, 0.5) is 5.69 Å². The van der Waals surface area contributed by atoms with Gasteiger partial charge in [0, 0.05) is 18.0 Å². The van der Waals surface area contributed by atoms with Crippen LogP contribution in [-0.4, -0.2) is 33.6 Å². The van der Waals surface area contributed by atoms with Crippen molar-refractivity contribution in [2.75, 3.05) is 17.6 Å². The van der Waals surface area contributed by atoms with E-state index in [4.69, 9.17) is 5.11 Å². The summed E-state index contributed by atoms with van der Waals surface area (Å²) in [6, 6.07) is 1.53. The molecule has 1 unspecified atom stereocenters. The van der Waals surface area contributed by atoms with Crippen LogP contribution in [0.15, 0.2) is 18.5 Å². The number of aromatic nitrogens is 1. The summed E-state index contributed by atoms with van der Waals surface area (Å²) < 4.78 is 0. The zero-order valence-electron chi connectivity index (χ0n) is 9.56. The molecule has 0 spiro atoms. The highest BCUT2D eigenvalue weighted by molar-refractivity contribution is 7.99. The Kier molecular flexibility index (Phi) is 4.25. The van der Waals surface area contributed by atoms with Gasteiger partial charge in [0.05, 0.1) is 17.4 Å². The Balaban J connectivity index is 1.96. The van der Waals surface area contributed by atoms with Crippen molar-refractivity contribution in [2.45, 2.75) is 24.5 Å². The van der Waals surface area contributed by atoms with E-state index >= 15 is 0 Å². The molecule has 92 valence electrons. The molecule has 1 atom stereocenters. The molecule has 1 aliphatic rings. The Morgan fingerprint density at radius 1 is 1.59 bits per heavy atom. The molecule has 4 nitrogen and oxygen atoms in total. The van der Waals surface area contributed by atoms with Gasteiger partial charge in [-0.15, -0.1) is 0 Å². The van der Waals surface area contributed by atoms with Crippen molar-refractivity contribution in [3.05, 3.63) is 24.0 Å². The number of nitrogens with one attached hydrogen (secondary N) is 1. The fourth-order valence-electron chi connectivity index (χ4n) is 1.91. The monoisotopic (exact) mass is 252 g/mol. The summed E-state index contributed by atoms with van der Waals surface area (Å²) in [5.74, 6) is 0.303. The Morgan fingerprint density at radius 3 is 3.18 bits per heavy atom. The minimum absolute atomic E-state index is 0.292. The van der Waals surface area contributed by atoms with Crippen molar-refractivity contribution >= 4 is 23.4 Å². The van der Waals surface area contributed by atoms with Gasteiger partial charge in [0.25, 0.3) is 0 Å². The summed E-state index contributed by atoms with van der Waals surface area (Å²) in [6.45, 7) is 0.816. The molecule has 0 aromatic carbocycles. The van der Waals surface area contributed by atoms with Crippen LogP contribution in [0, 0.1) is 0 Å². The molecule has 0 saturated carbocycles. The number of nitrogens with zero attached hydrogens (tertiary/aromatic N) is 1. The van der Waals surface area contributed by atoms with Gasteiger partial charge in [0.15, 0.2) is 0 Å². The molecule has 0 radical (unpaired) electrons. The van der Waals surface area contributed by atoms with Crippen LogP contribution in [0.5, 0.6) is 0 Å². The first-order chi connectivity index (χ1) is 8.27. The minimum Gasteiger partial charge on any atom is -0.478 e. The van der Waals surface area contributed by atoms with Crippen LogP contribution in [0.3, 0.4) is 0 Å². The van der Waals surface area contributed by atoms with Gasteiger partial charge >= 0.3 is 5.97 Å². The topological polar surface area (TPSA) is 62.2 Å². The summed E-state index contributed by atoms with van der Waals surface area (Å²) in [4.78, 5) is 15.0. The lowest BCUT2D eigenvalue weighted by atomic mass is 10.2. The third kappa shape index (κ3) is 3.36. The highest BCUT2D eigenvalue weighted by atomic mass is 32.2. The lowest BCUT2D eigenvalue weighted by molar-refractivity contribution is 0.0698. The Labute approximate surface area is 105 Å². The summed E-state index contributed by atoms with van der Waals surface area (Å²) >= 11 is 1.97. The van der Waals surface area contributed by atoms with Crippen molar-refractivity contribution in [1.82, 2.24) is 4.98 Å². The molecule has 2 rings (SSSR count). The van der Waals surface area contributed by atoms with Crippen LogP contribution >= 0.6 is 11.8 Å². The molecule has 17 heavy (non-hydrogen) atoms. The summed E-state index contributed by atoms with van der Waals surface area (Å²) in [6.07, 6.45) is 6.87. The highest BCUT2D eigenvalue weighted by Crippen LogP contribution is 2.25. The van der Waals surface area contributed by atoms with Crippen LogP contribution < -0.4 is 5.32 Å². The van der Waals surface area contributed by atoms with Gasteiger partial charge < -0.3 is 10.4 Å². The molecule has 1 aliphatic heterocycles. The van der Waals surface area contributed by atoms with E-state index in [1.54, 1.807) is 6.20 Å². The largest absolute Gasteiger partial charge is 0.478 e. The van der Waals surface area contributed by atoms with Crippen molar-refractivity contribution in [3.8, 4) is 0 Å². The number of hydrogen-bond acceptors (Lipinski definition) is 4. The number of hydrogen-bond donors (Lipinski definition) is 2. The Hall–Kier alpha value is -1.23. The summed E-state index contributed by atoms with van der Waals surface area (Å²) in [5, 5.41) is 12.8. The number of anilines is 1. The number of carbonyl (C=O) groups is 1. The lowest BCUT2D eigenvalue weighted by Gasteiger charge is -2.22. The molecule has 5 heteroatoms. The van der Waals surface area contributed by atoms with E-state index in [-0.39, 0.29) is 0 Å². The number of rotatable bonds is 4. The van der Waals surface area contributed by atoms with E-state index in [0.717, 1.165) is 6.54 Å². The van der Waals surface area contributed by atoms with Gasteiger partial charge in [-0.25, -0.2) is 4.79 Å². The maximum atomic E-state index is 11.0. The van der Waals surface area contributed by atoms with Crippen LogP contribution in [0.1, 0.15) is 29.6 Å². The second-order valence-electron chi connectivity index (χ2n) is 4.10. The van der Waals surface area contributed by atoms with E-state index in [1.807, 2.05) is 11.8 Å². The lowest BCUT2D eigenvalue weighted by Crippen LogP contribution is -2.21. The highest BCUT2D eigenvalue weighted by Gasteiger charge is 2.15. The maximum Gasteiger partial charge on any atom is 0.337 e. The molecule has 2 N–H and O–H groups in total. The van der Waals surface area contributed by atoms with E-state index in [1.165, 1.54) is 37.3 Å². The molecule has 1 saturated heterocycles. The Bertz CT molecular complexity index is 392. The minimum atomic E-state index is -0.911. The molecule has 0 aliphatic carbocycles. The zero-order chi connectivity index (χ0) is 12.1. The third-order valence-electron chi connectivity index (χ3n) is 2.85. The van der Waals surface area contributed by atoms with Gasteiger partial charge in [0.1, 0.15) is 0 Å². The first-order valence-electron chi connectivity index (χ1n) is 5.80. The quantitative estimate of drug-likeness (QED) is 0.862. The summed E-state index contributed by atoms with van der Waals surface area (Å²) in [5.41, 5.74) is 0.909. The first kappa shape index (κ1) is 12.2. The summed E-state index contributed by atoms with van der Waals surface area (Å²) in [7, 11) is 0. The van der Waals surface area contributed by atoms with Gasteiger partial charge in [-0.1, -0.05) is 6.42 Å². The molecular formula is C12H16N2O2S. The zero-order valence-corrected chi connectivity index (χ0v) is 10.4. The van der Waals surface area contributed by atoms with Crippen LogP contribution in [0.2, 0.25) is 0 Å². The molecule has 1 aromatic rings. The maximum absolute atomic E-state index is 11.0. The van der Waals surface area contributed by atoms with E-state index in [0.29, 0.717) is 16.5 Å². The van der Waals surface area contributed by atoms with E-state index in [2.05, 4.69) is 10.3 Å². The first-order valence-corrected chi connectivity index (χ1v) is 6.85. The fraction of sp³-hybridized carbons (Fsp3) is 0.500. The van der Waals surface area contributed by atoms with Gasteiger partial charge in [-0.2, -0.15) is 11.8 Å². The van der Waals surface area contributed by atoms with Gasteiger partial charge in [0.2, 0.25) is 0 Å². The van der Waals surface area contributed by atoms with Crippen molar-refractivity contribution in [2.24, 2.45) is 0 Å². The second kappa shape index (κ2) is 5.91. The number of pyridine rings is 1. The average Bonchev–Trinajstić information content (AvgIpc) is 2.38. The normalized spacial score (nSPS) is 19.9. The number of thioether (sulfide) groups is 1. The molecule has 1 fully saturated rings. The SMILES string of the molecule is O=C(O)c1ccncc1NCC1CCCCS1. The molecule has 2 heterocycles. The second-order valence-corrected chi connectivity index (χ2v) is 5.50. The van der Waals surface area contributed by atoms with Gasteiger partial charge in [-0.05, 0) is 24.7 Å². The standard InChI is InChI=1S/C12H16N2O2S/c15-12(16)10-4-5-13-8-11(10)14-7-9-3-1-2-6-17-9/h4-5,8-9,14H,1-3,6-7H2,(H,15,16).